The van der Waals surface area contributed by atoms with E-state index >= 15 is 0 Å². The first-order valence-corrected chi connectivity index (χ1v) is 27.6. The molecule has 76 heavy (non-hydrogen) atoms. The van der Waals surface area contributed by atoms with Crippen molar-refractivity contribution in [3.8, 4) is 23.0 Å². The van der Waals surface area contributed by atoms with Crippen LogP contribution in [-0.2, 0) is 66.5 Å². The molecule has 0 unspecified atom stereocenters. The molecule has 0 amide bonds. The van der Waals surface area contributed by atoms with Gasteiger partial charge in [0.25, 0.3) is 0 Å². The first-order chi connectivity index (χ1) is 34.1. The third kappa shape index (κ3) is 15.7. The van der Waals surface area contributed by atoms with Gasteiger partial charge in [0.15, 0.2) is 11.5 Å². The summed E-state index contributed by atoms with van der Waals surface area (Å²) in [6.45, 7) is 47.8. The lowest BCUT2D eigenvalue weighted by atomic mass is 9.78. The number of allylic oxidation sites excluding steroid dienone is 2. The number of benzene rings is 4. The molecule has 0 aliphatic carbocycles. The number of carbonyl (C=O) groups is 2. The highest BCUT2D eigenvalue weighted by atomic mass is 31.1. The summed E-state index contributed by atoms with van der Waals surface area (Å²) >= 11 is 0. The monoisotopic (exact) mass is 1060 g/mol. The number of rotatable bonds is 12. The fourth-order valence-corrected chi connectivity index (χ4v) is 9.59. The van der Waals surface area contributed by atoms with Crippen LogP contribution in [0.2, 0.25) is 0 Å². The maximum Gasteiger partial charge on any atom is 0.419 e. The molecule has 0 heterocycles. The average Bonchev–Trinajstić information content (AvgIpc) is 3.22. The Labute approximate surface area is 457 Å². The summed E-state index contributed by atoms with van der Waals surface area (Å²) in [6.07, 6.45) is 8.84. The second kappa shape index (κ2) is 21.9. The van der Waals surface area contributed by atoms with Crippen molar-refractivity contribution in [1.82, 2.24) is 0 Å². The van der Waals surface area contributed by atoms with Gasteiger partial charge in [0.05, 0.1) is 0 Å². The summed E-state index contributed by atoms with van der Waals surface area (Å²) in [4.78, 5) is 29.4. The Hall–Kier alpha value is -5.79. The van der Waals surface area contributed by atoms with Crippen LogP contribution in [0.1, 0.15) is 233 Å². The van der Waals surface area contributed by atoms with Crippen molar-refractivity contribution in [2.45, 2.75) is 209 Å². The molecular formula is C66H91O9P. The van der Waals surface area contributed by atoms with Gasteiger partial charge in [-0.3, -0.25) is 9.59 Å². The second-order valence-corrected chi connectivity index (χ2v) is 29.6. The molecule has 4 aromatic carbocycles. The summed E-state index contributed by atoms with van der Waals surface area (Å²) in [5.74, 6) is -1.36. The maximum absolute atomic E-state index is 14.7. The number of ketones is 2. The molecule has 10 heteroatoms. The maximum atomic E-state index is 14.7. The topological polar surface area (TPSA) is 151 Å². The summed E-state index contributed by atoms with van der Waals surface area (Å²) in [5.41, 5.74) is 3.80. The summed E-state index contributed by atoms with van der Waals surface area (Å²) in [5, 5.41) is 46.1. The zero-order valence-corrected chi connectivity index (χ0v) is 51.4. The molecular weight excluding hydrogens is 968 g/mol. The molecule has 0 fully saturated rings. The first kappa shape index (κ1) is 62.7. The highest BCUT2D eigenvalue weighted by Crippen LogP contribution is 2.45. The van der Waals surface area contributed by atoms with Crippen LogP contribution in [0, 0.1) is 0 Å². The number of hydrogen-bond acceptors (Lipinski definition) is 9. The Morgan fingerprint density at radius 2 is 0.513 bits per heavy atom. The van der Waals surface area contributed by atoms with E-state index < -0.39 is 63.1 Å². The minimum absolute atomic E-state index is 0.135. The minimum Gasteiger partial charge on any atom is -0.507 e. The van der Waals surface area contributed by atoms with Crippen LogP contribution in [-0.4, -0.2) is 32.0 Å². The lowest BCUT2D eigenvalue weighted by molar-refractivity contribution is -0.113. The highest BCUT2D eigenvalue weighted by Gasteiger charge is 2.31. The lowest BCUT2D eigenvalue weighted by Gasteiger charge is -2.28. The summed E-state index contributed by atoms with van der Waals surface area (Å²) < 4.78 is 26.9. The van der Waals surface area contributed by atoms with Crippen molar-refractivity contribution in [3.05, 3.63) is 139 Å². The van der Waals surface area contributed by atoms with Gasteiger partial charge >= 0.3 is 8.25 Å². The number of hydrogen-bond donors (Lipinski definition) is 4. The number of phenols is 4. The van der Waals surface area contributed by atoms with Crippen molar-refractivity contribution >= 4 is 44.1 Å². The second-order valence-electron chi connectivity index (χ2n) is 28.7. The fourth-order valence-electron chi connectivity index (χ4n) is 8.87. The van der Waals surface area contributed by atoms with Gasteiger partial charge in [-0.15, -0.1) is 0 Å². The molecule has 0 saturated heterocycles. The Morgan fingerprint density at radius 3 is 0.684 bits per heavy atom. The Kier molecular flexibility index (Phi) is 18.1. The van der Waals surface area contributed by atoms with E-state index in [0.717, 1.165) is 0 Å². The van der Waals surface area contributed by atoms with E-state index in [9.17, 15) is 34.6 Å². The van der Waals surface area contributed by atoms with Crippen LogP contribution in [0.5, 0.6) is 23.0 Å². The number of carbonyl (C=O) groups excluding carboxylic acids is 2. The van der Waals surface area contributed by atoms with Crippen LogP contribution in [0.4, 0.5) is 0 Å². The fraction of sp³-hybridized carbons (Fsp3) is 0.485. The lowest BCUT2D eigenvalue weighted by Crippen LogP contribution is -2.17. The van der Waals surface area contributed by atoms with E-state index in [1.165, 1.54) is 24.3 Å². The summed E-state index contributed by atoms with van der Waals surface area (Å²) in [7, 11) is -3.82. The third-order valence-electron chi connectivity index (χ3n) is 13.3. The van der Waals surface area contributed by atoms with E-state index in [1.54, 1.807) is 36.4 Å². The minimum atomic E-state index is -3.82. The molecule has 9 nitrogen and oxygen atoms in total. The Balaban J connectivity index is 2.02. The molecule has 0 saturated carbocycles. The molecule has 0 bridgehead atoms. The predicted molar refractivity (Wildman–Crippen MR) is 317 cm³/mol. The van der Waals surface area contributed by atoms with E-state index in [0.29, 0.717) is 66.8 Å². The molecule has 4 N–H and O–H groups in total. The van der Waals surface area contributed by atoms with Gasteiger partial charge in [-0.2, -0.15) is 0 Å². The summed E-state index contributed by atoms with van der Waals surface area (Å²) in [6, 6.07) is 14.5. The number of aromatic hydroxyl groups is 4. The van der Waals surface area contributed by atoms with Crippen LogP contribution in [0.15, 0.2) is 72.2 Å². The average molecular weight is 1060 g/mol. The van der Waals surface area contributed by atoms with Crippen LogP contribution < -0.4 is 0 Å². The van der Waals surface area contributed by atoms with Crippen molar-refractivity contribution in [2.75, 3.05) is 0 Å². The first-order valence-electron chi connectivity index (χ1n) is 26.4. The SMILES string of the molecule is CC(C)(C)c1cc(/C=C(\O[PH](=O)O/C(=C\c2cc(C(C)(C)C)c(O)c(C(C)(C)C)c2)C(=O)/C=C/c2cc(C(C)(C)C)c(O)c(C(C)(C)C)c2)C(=O)/C=C/c2cc(C(C)(C)C)c(O)c(C(C)(C)C)c2)cc(C(C)(C)C)c1O. The van der Waals surface area contributed by atoms with Crippen molar-refractivity contribution in [3.63, 3.8) is 0 Å². The highest BCUT2D eigenvalue weighted by molar-refractivity contribution is 7.33. The normalized spacial score (nSPS) is 14.1. The Morgan fingerprint density at radius 1 is 0.342 bits per heavy atom. The smallest absolute Gasteiger partial charge is 0.419 e. The van der Waals surface area contributed by atoms with Gasteiger partial charge in [-0.05, 0) is 138 Å². The molecule has 0 aliphatic heterocycles. The third-order valence-corrected chi connectivity index (χ3v) is 14.1. The molecule has 0 atom stereocenters. The largest absolute Gasteiger partial charge is 0.507 e. The quantitative estimate of drug-likeness (QED) is 0.0618. The molecule has 4 aromatic rings. The number of phenolic OH excluding ortho intramolecular Hbond substituents is 4. The van der Waals surface area contributed by atoms with Gasteiger partial charge in [0.1, 0.15) is 23.0 Å². The Bertz CT molecular complexity index is 2670. The van der Waals surface area contributed by atoms with Crippen molar-refractivity contribution in [1.29, 1.82) is 0 Å². The van der Waals surface area contributed by atoms with Crippen molar-refractivity contribution in [2.24, 2.45) is 0 Å². The van der Waals surface area contributed by atoms with Crippen molar-refractivity contribution < 1.29 is 43.6 Å². The standard InChI is InChI=1S/C66H91O9P/c1-59(2,3)43-29-39(30-44(55(43)69)60(4,5)6)25-27-51(67)53(37-41-33-47(63(13,14)15)57(71)48(34-41)64(16,17)18)74-76(73)75-54(38-42-35-49(65(19,20)21)58(72)50(36-42)66(22,23)24)52(68)28-26-40-31-45(61(7,8)9)56(70)46(32-40)62(10,11)12/h25-38,69-72,76H,1-24H3/b27-25+,28-26+,53-37-,54-38-. The zero-order valence-electron chi connectivity index (χ0n) is 50.4. The molecule has 414 valence electrons. The van der Waals surface area contributed by atoms with Gasteiger partial charge in [0.2, 0.25) is 11.6 Å². The van der Waals surface area contributed by atoms with Gasteiger partial charge in [0, 0.05) is 44.5 Å². The molecule has 0 aliphatic rings. The van der Waals surface area contributed by atoms with E-state index in [4.69, 9.17) is 9.05 Å². The van der Waals surface area contributed by atoms with Gasteiger partial charge in [-0.1, -0.05) is 178 Å². The zero-order chi connectivity index (χ0) is 58.4. The van der Waals surface area contributed by atoms with Crippen LogP contribution in [0.25, 0.3) is 24.3 Å². The van der Waals surface area contributed by atoms with E-state index in [-0.39, 0.29) is 34.5 Å². The molecule has 4 rings (SSSR count). The molecule has 0 aromatic heterocycles. The van der Waals surface area contributed by atoms with Crippen LogP contribution >= 0.6 is 8.25 Å². The van der Waals surface area contributed by atoms with Gasteiger partial charge < -0.3 is 29.5 Å². The molecule has 0 radical (unpaired) electrons. The predicted octanol–water partition coefficient (Wildman–Crippen LogP) is 17.3. The van der Waals surface area contributed by atoms with E-state index in [1.807, 2.05) is 190 Å². The van der Waals surface area contributed by atoms with Crippen LogP contribution in [0.3, 0.4) is 0 Å². The van der Waals surface area contributed by atoms with Gasteiger partial charge in [-0.25, -0.2) is 4.57 Å². The van der Waals surface area contributed by atoms with E-state index in [2.05, 4.69) is 0 Å². The molecule has 0 spiro atoms.